The van der Waals surface area contributed by atoms with Crippen molar-refractivity contribution in [2.75, 3.05) is 32.7 Å². The lowest BCUT2D eigenvalue weighted by Gasteiger charge is -2.36. The van der Waals surface area contributed by atoms with Crippen molar-refractivity contribution in [3.63, 3.8) is 0 Å². The largest absolute Gasteiger partial charge is 0.361 e. The Morgan fingerprint density at radius 3 is 2.72 bits per heavy atom. The van der Waals surface area contributed by atoms with Gasteiger partial charge in [0.05, 0.1) is 18.2 Å². The summed E-state index contributed by atoms with van der Waals surface area (Å²) in [5.41, 5.74) is 2.01. The molecule has 0 aromatic carbocycles. The molecule has 136 valence electrons. The van der Waals surface area contributed by atoms with Gasteiger partial charge in [-0.1, -0.05) is 5.16 Å². The van der Waals surface area contributed by atoms with Gasteiger partial charge in [0.2, 0.25) is 5.91 Å². The topological polar surface area (TPSA) is 61.6 Å². The lowest BCUT2D eigenvalue weighted by molar-refractivity contribution is -0.140. The van der Waals surface area contributed by atoms with E-state index in [-0.39, 0.29) is 5.92 Å². The van der Waals surface area contributed by atoms with Crippen molar-refractivity contribution in [2.45, 2.75) is 39.3 Å². The van der Waals surface area contributed by atoms with Crippen LogP contribution in [0, 0.1) is 37.5 Å². The van der Waals surface area contributed by atoms with Gasteiger partial charge in [0.15, 0.2) is 0 Å². The molecule has 6 nitrogen and oxygen atoms in total. The number of hydrogen-bond donors (Lipinski definition) is 1. The normalized spacial score (nSPS) is 37.4. The van der Waals surface area contributed by atoms with E-state index < -0.39 is 0 Å². The van der Waals surface area contributed by atoms with Crippen LogP contribution in [0.15, 0.2) is 4.52 Å². The van der Waals surface area contributed by atoms with Crippen LogP contribution in [0.4, 0.5) is 0 Å². The van der Waals surface area contributed by atoms with E-state index in [0.29, 0.717) is 18.5 Å². The first-order valence-electron chi connectivity index (χ1n) is 9.77. The van der Waals surface area contributed by atoms with Gasteiger partial charge in [0, 0.05) is 31.2 Å². The van der Waals surface area contributed by atoms with Gasteiger partial charge in [0.1, 0.15) is 5.76 Å². The Balaban J connectivity index is 1.30. The zero-order chi connectivity index (χ0) is 17.1. The molecule has 0 radical (unpaired) electrons. The van der Waals surface area contributed by atoms with Crippen LogP contribution in [0.1, 0.15) is 29.9 Å². The van der Waals surface area contributed by atoms with Gasteiger partial charge < -0.3 is 19.6 Å². The molecule has 1 aromatic rings. The van der Waals surface area contributed by atoms with Gasteiger partial charge in [0.25, 0.3) is 0 Å². The minimum absolute atomic E-state index is 0.177. The Morgan fingerprint density at radius 2 is 2.00 bits per heavy atom. The summed E-state index contributed by atoms with van der Waals surface area (Å²) < 4.78 is 5.30. The Kier molecular flexibility index (Phi) is 3.68. The maximum Gasteiger partial charge on any atom is 0.227 e. The van der Waals surface area contributed by atoms with Crippen LogP contribution in [0.2, 0.25) is 0 Å². The number of hydrogen-bond acceptors (Lipinski definition) is 5. The van der Waals surface area contributed by atoms with Gasteiger partial charge in [-0.2, -0.15) is 0 Å². The average Bonchev–Trinajstić information content (AvgIpc) is 2.94. The molecule has 5 heterocycles. The fraction of sp³-hybridized carbons (Fsp3) is 0.789. The van der Waals surface area contributed by atoms with E-state index in [1.807, 2.05) is 13.8 Å². The van der Waals surface area contributed by atoms with E-state index in [1.165, 1.54) is 19.6 Å². The molecule has 1 amide bonds. The SMILES string of the molecule is Cc1noc(C)c1CN1C(=O)C2CCC1CN(CC1C3CNCC31)C2. The van der Waals surface area contributed by atoms with Crippen LogP contribution in [-0.4, -0.2) is 59.6 Å². The highest BCUT2D eigenvalue weighted by Gasteiger charge is 2.53. The Morgan fingerprint density at radius 1 is 1.20 bits per heavy atom. The number of carbonyl (C=O) groups is 1. The number of nitrogens with zero attached hydrogens (tertiary/aromatic N) is 3. The van der Waals surface area contributed by atoms with Crippen LogP contribution in [-0.2, 0) is 11.3 Å². The molecular formula is C19H28N4O2. The standard InChI is InChI=1S/C19H28N4O2/c1-11-17(12(2)25-21-11)10-23-14-4-3-13(19(23)24)7-22(8-14)9-18-15-5-20-6-16(15)18/h13-16,18,20H,3-10H2,1-2H3. The molecule has 1 saturated carbocycles. The van der Waals surface area contributed by atoms with E-state index in [4.69, 9.17) is 4.52 Å². The number of carbonyl (C=O) groups excluding carboxylic acids is 1. The maximum atomic E-state index is 13.0. The molecule has 6 rings (SSSR count). The summed E-state index contributed by atoms with van der Waals surface area (Å²) in [6, 6.07) is 0.344. The molecule has 4 saturated heterocycles. The van der Waals surface area contributed by atoms with Crippen molar-refractivity contribution in [3.05, 3.63) is 17.0 Å². The second kappa shape index (κ2) is 5.81. The molecule has 5 aliphatic rings. The van der Waals surface area contributed by atoms with Crippen LogP contribution >= 0.6 is 0 Å². The van der Waals surface area contributed by atoms with E-state index >= 15 is 0 Å². The lowest BCUT2D eigenvalue weighted by atomic mass is 9.93. The number of rotatable bonds is 4. The fourth-order valence-electron chi connectivity index (χ4n) is 5.50. The Hall–Kier alpha value is -1.40. The molecule has 0 spiro atoms. The molecule has 4 unspecified atom stereocenters. The minimum atomic E-state index is 0.177. The first-order valence-corrected chi connectivity index (χ1v) is 9.77. The number of amides is 1. The highest BCUT2D eigenvalue weighted by Crippen LogP contribution is 2.49. The summed E-state index contributed by atoms with van der Waals surface area (Å²) in [6.45, 7) is 10.2. The molecule has 25 heavy (non-hydrogen) atoms. The number of fused-ring (bicyclic) bond motifs is 5. The van der Waals surface area contributed by atoms with Gasteiger partial charge >= 0.3 is 0 Å². The second-order valence-corrected chi connectivity index (χ2v) is 8.57. The molecule has 1 aromatic heterocycles. The lowest BCUT2D eigenvalue weighted by Crippen LogP contribution is -2.47. The van der Waals surface area contributed by atoms with E-state index in [1.54, 1.807) is 0 Å². The quantitative estimate of drug-likeness (QED) is 0.889. The van der Waals surface area contributed by atoms with Gasteiger partial charge in [-0.3, -0.25) is 4.79 Å². The van der Waals surface area contributed by atoms with Crippen molar-refractivity contribution in [3.8, 4) is 0 Å². The van der Waals surface area contributed by atoms with Crippen LogP contribution in [0.5, 0.6) is 0 Å². The molecule has 1 N–H and O–H groups in total. The molecule has 5 fully saturated rings. The summed E-state index contributed by atoms with van der Waals surface area (Å²) in [4.78, 5) is 17.8. The summed E-state index contributed by atoms with van der Waals surface area (Å²) in [7, 11) is 0. The Bertz CT molecular complexity index is 657. The first kappa shape index (κ1) is 15.8. The van der Waals surface area contributed by atoms with E-state index in [9.17, 15) is 4.79 Å². The maximum absolute atomic E-state index is 13.0. The van der Waals surface area contributed by atoms with Crippen LogP contribution in [0.25, 0.3) is 0 Å². The third kappa shape index (κ3) is 2.61. The summed E-state index contributed by atoms with van der Waals surface area (Å²) >= 11 is 0. The molecule has 6 heteroatoms. The zero-order valence-corrected chi connectivity index (χ0v) is 15.2. The number of piperidine rings is 2. The smallest absolute Gasteiger partial charge is 0.227 e. The molecule has 4 aliphatic heterocycles. The van der Waals surface area contributed by atoms with Gasteiger partial charge in [-0.15, -0.1) is 0 Å². The third-order valence-electron chi connectivity index (χ3n) is 7.12. The average molecular weight is 344 g/mol. The highest BCUT2D eigenvalue weighted by molar-refractivity contribution is 5.80. The highest BCUT2D eigenvalue weighted by atomic mass is 16.5. The van der Waals surface area contributed by atoms with Gasteiger partial charge in [-0.05, 0) is 57.5 Å². The summed E-state index contributed by atoms with van der Waals surface area (Å²) in [5.74, 6) is 4.03. The van der Waals surface area contributed by atoms with E-state index in [0.717, 1.165) is 60.7 Å². The number of aromatic nitrogens is 1. The predicted octanol–water partition coefficient (Wildman–Crippen LogP) is 1.18. The first-order chi connectivity index (χ1) is 12.1. The second-order valence-electron chi connectivity index (χ2n) is 8.57. The van der Waals surface area contributed by atoms with Crippen molar-refractivity contribution in [1.29, 1.82) is 0 Å². The van der Waals surface area contributed by atoms with Crippen molar-refractivity contribution in [1.82, 2.24) is 20.3 Å². The monoisotopic (exact) mass is 344 g/mol. The fourth-order valence-corrected chi connectivity index (χ4v) is 5.50. The molecular weight excluding hydrogens is 316 g/mol. The van der Waals surface area contributed by atoms with Crippen molar-refractivity contribution < 1.29 is 9.32 Å². The Labute approximate surface area is 148 Å². The predicted molar refractivity (Wildman–Crippen MR) is 92.8 cm³/mol. The molecule has 2 bridgehead atoms. The zero-order valence-electron chi connectivity index (χ0n) is 15.2. The summed E-state index contributed by atoms with van der Waals surface area (Å²) in [6.07, 6.45) is 2.19. The number of aryl methyl sites for hydroxylation is 2. The minimum Gasteiger partial charge on any atom is -0.361 e. The van der Waals surface area contributed by atoms with Crippen LogP contribution in [0.3, 0.4) is 0 Å². The van der Waals surface area contributed by atoms with Crippen molar-refractivity contribution in [2.24, 2.45) is 23.7 Å². The van der Waals surface area contributed by atoms with E-state index in [2.05, 4.69) is 20.3 Å². The third-order valence-corrected chi connectivity index (χ3v) is 7.12. The summed E-state index contributed by atoms with van der Waals surface area (Å²) in [5, 5.41) is 7.54. The van der Waals surface area contributed by atoms with Crippen LogP contribution < -0.4 is 5.32 Å². The molecule has 1 aliphatic carbocycles. The van der Waals surface area contributed by atoms with Gasteiger partial charge in [-0.25, -0.2) is 0 Å². The van der Waals surface area contributed by atoms with Crippen molar-refractivity contribution >= 4 is 5.91 Å². The number of nitrogens with one attached hydrogen (secondary N) is 1. The molecule has 4 atom stereocenters.